The molecule has 2 N–H and O–H groups in total. The minimum absolute atomic E-state index is 0.0499. The lowest BCUT2D eigenvalue weighted by molar-refractivity contribution is -0.135. The molecule has 1 unspecified atom stereocenters. The Morgan fingerprint density at radius 1 is 1.19 bits per heavy atom. The van der Waals surface area contributed by atoms with Crippen molar-refractivity contribution in [1.82, 2.24) is 14.8 Å². The molecule has 0 aliphatic carbocycles. The summed E-state index contributed by atoms with van der Waals surface area (Å²) >= 11 is 1.20. The highest BCUT2D eigenvalue weighted by Gasteiger charge is 2.32. The third kappa shape index (κ3) is 3.02. The molecule has 1 aromatic heterocycles. The molecule has 0 bridgehead atoms. The summed E-state index contributed by atoms with van der Waals surface area (Å²) in [5.41, 5.74) is 5.58. The lowest BCUT2D eigenvalue weighted by Gasteiger charge is -2.33. The molecule has 2 amide bonds. The van der Waals surface area contributed by atoms with Crippen molar-refractivity contribution >= 4 is 28.3 Å². The lowest BCUT2D eigenvalue weighted by atomic mass is 9.96. The van der Waals surface area contributed by atoms with E-state index in [0.29, 0.717) is 23.1 Å². The number of amides is 2. The van der Waals surface area contributed by atoms with E-state index in [2.05, 4.69) is 4.98 Å². The number of rotatable bonds is 2. The van der Waals surface area contributed by atoms with Gasteiger partial charge in [0.2, 0.25) is 5.91 Å². The van der Waals surface area contributed by atoms with Gasteiger partial charge in [0.05, 0.1) is 12.1 Å². The van der Waals surface area contributed by atoms with Crippen LogP contribution in [0, 0.1) is 5.92 Å². The lowest BCUT2D eigenvalue weighted by Crippen LogP contribution is -2.46. The van der Waals surface area contributed by atoms with Gasteiger partial charge in [-0.05, 0) is 25.7 Å². The van der Waals surface area contributed by atoms with Gasteiger partial charge in [0.1, 0.15) is 4.88 Å². The molecular formula is C14H20N4O2S. The first-order valence-corrected chi connectivity index (χ1v) is 8.26. The van der Waals surface area contributed by atoms with E-state index < -0.39 is 0 Å². The van der Waals surface area contributed by atoms with Crippen LogP contribution in [0.1, 0.15) is 35.4 Å². The van der Waals surface area contributed by atoms with Crippen molar-refractivity contribution in [2.75, 3.05) is 31.9 Å². The SMILES string of the molecule is Nc1ncc(C(=O)N2CCCC(C(=O)N3CCCC3)C2)s1. The number of carbonyl (C=O) groups is 2. The maximum atomic E-state index is 12.5. The molecule has 3 rings (SSSR count). The highest BCUT2D eigenvalue weighted by atomic mass is 32.1. The molecule has 1 aromatic rings. The summed E-state index contributed by atoms with van der Waals surface area (Å²) < 4.78 is 0. The van der Waals surface area contributed by atoms with Gasteiger partial charge in [0.25, 0.3) is 5.91 Å². The molecule has 114 valence electrons. The monoisotopic (exact) mass is 308 g/mol. The summed E-state index contributed by atoms with van der Waals surface area (Å²) in [7, 11) is 0. The first-order chi connectivity index (χ1) is 10.1. The number of carbonyl (C=O) groups excluding carboxylic acids is 2. The van der Waals surface area contributed by atoms with Gasteiger partial charge in [-0.3, -0.25) is 9.59 Å². The van der Waals surface area contributed by atoms with Crippen LogP contribution in [-0.4, -0.2) is 52.8 Å². The summed E-state index contributed by atoms with van der Waals surface area (Å²) in [6, 6.07) is 0. The summed E-state index contributed by atoms with van der Waals surface area (Å²) in [5.74, 6) is 0.114. The molecule has 2 saturated heterocycles. The molecule has 6 nitrogen and oxygen atoms in total. The van der Waals surface area contributed by atoms with Crippen LogP contribution in [0.2, 0.25) is 0 Å². The molecular weight excluding hydrogens is 288 g/mol. The second-order valence-electron chi connectivity index (χ2n) is 5.69. The Balaban J connectivity index is 1.65. The summed E-state index contributed by atoms with van der Waals surface area (Å²) in [6.07, 6.45) is 5.48. The zero-order chi connectivity index (χ0) is 14.8. The quantitative estimate of drug-likeness (QED) is 0.890. The van der Waals surface area contributed by atoms with Gasteiger partial charge in [-0.2, -0.15) is 0 Å². The van der Waals surface area contributed by atoms with Crippen molar-refractivity contribution in [1.29, 1.82) is 0 Å². The summed E-state index contributed by atoms with van der Waals surface area (Å²) in [4.78, 5) is 33.1. The standard InChI is InChI=1S/C14H20N4O2S/c15-14-16-8-11(21-14)13(20)18-7-3-4-10(9-18)12(19)17-5-1-2-6-17/h8,10H,1-7,9H2,(H2,15,16). The van der Waals surface area contributed by atoms with Crippen molar-refractivity contribution in [2.45, 2.75) is 25.7 Å². The number of hydrogen-bond acceptors (Lipinski definition) is 5. The van der Waals surface area contributed by atoms with E-state index in [1.807, 2.05) is 4.90 Å². The normalized spacial score (nSPS) is 22.6. The van der Waals surface area contributed by atoms with Gasteiger partial charge in [0, 0.05) is 26.2 Å². The van der Waals surface area contributed by atoms with Crippen LogP contribution in [-0.2, 0) is 4.79 Å². The average molecular weight is 308 g/mol. The first-order valence-electron chi connectivity index (χ1n) is 7.44. The van der Waals surface area contributed by atoms with Crippen LogP contribution in [0.3, 0.4) is 0 Å². The molecule has 3 heterocycles. The molecule has 0 aromatic carbocycles. The number of anilines is 1. The van der Waals surface area contributed by atoms with E-state index in [0.717, 1.165) is 38.8 Å². The predicted molar refractivity (Wildman–Crippen MR) is 81.0 cm³/mol. The van der Waals surface area contributed by atoms with Crippen molar-refractivity contribution in [2.24, 2.45) is 5.92 Å². The van der Waals surface area contributed by atoms with E-state index in [4.69, 9.17) is 5.73 Å². The van der Waals surface area contributed by atoms with Gasteiger partial charge >= 0.3 is 0 Å². The van der Waals surface area contributed by atoms with Crippen LogP contribution < -0.4 is 5.73 Å². The second kappa shape index (κ2) is 6.01. The first kappa shape index (κ1) is 14.3. The summed E-state index contributed by atoms with van der Waals surface area (Å²) in [6.45, 7) is 2.97. The smallest absolute Gasteiger partial charge is 0.265 e. The topological polar surface area (TPSA) is 79.5 Å². The Bertz CT molecular complexity index is 539. The van der Waals surface area contributed by atoms with Crippen molar-refractivity contribution in [3.8, 4) is 0 Å². The molecule has 0 saturated carbocycles. The van der Waals surface area contributed by atoms with E-state index >= 15 is 0 Å². The van der Waals surface area contributed by atoms with Crippen LogP contribution in [0.4, 0.5) is 5.13 Å². The molecule has 2 fully saturated rings. The van der Waals surface area contributed by atoms with Crippen molar-refractivity contribution < 1.29 is 9.59 Å². The molecule has 0 radical (unpaired) electrons. The van der Waals surface area contributed by atoms with E-state index in [1.165, 1.54) is 17.5 Å². The number of nitrogens with two attached hydrogens (primary N) is 1. The Kier molecular flexibility index (Phi) is 4.10. The molecule has 0 spiro atoms. The molecule has 2 aliphatic heterocycles. The van der Waals surface area contributed by atoms with E-state index in [1.54, 1.807) is 4.90 Å². The van der Waals surface area contributed by atoms with E-state index in [9.17, 15) is 9.59 Å². The highest BCUT2D eigenvalue weighted by molar-refractivity contribution is 7.17. The van der Waals surface area contributed by atoms with E-state index in [-0.39, 0.29) is 17.7 Å². The molecule has 21 heavy (non-hydrogen) atoms. The van der Waals surface area contributed by atoms with Gasteiger partial charge < -0.3 is 15.5 Å². The Labute approximate surface area is 127 Å². The average Bonchev–Trinajstić information content (AvgIpc) is 3.17. The van der Waals surface area contributed by atoms with Gasteiger partial charge in [0.15, 0.2) is 5.13 Å². The third-order valence-corrected chi connectivity index (χ3v) is 5.02. The molecule has 1 atom stereocenters. The zero-order valence-electron chi connectivity index (χ0n) is 12.0. The largest absolute Gasteiger partial charge is 0.375 e. The van der Waals surface area contributed by atoms with Crippen LogP contribution in [0.5, 0.6) is 0 Å². The second-order valence-corrected chi connectivity index (χ2v) is 6.75. The van der Waals surface area contributed by atoms with Crippen molar-refractivity contribution in [3.63, 3.8) is 0 Å². The third-order valence-electron chi connectivity index (χ3n) is 4.21. The van der Waals surface area contributed by atoms with Crippen LogP contribution in [0.15, 0.2) is 6.20 Å². The number of aromatic nitrogens is 1. The minimum Gasteiger partial charge on any atom is -0.375 e. The van der Waals surface area contributed by atoms with Crippen molar-refractivity contribution in [3.05, 3.63) is 11.1 Å². The fraction of sp³-hybridized carbons (Fsp3) is 0.643. The minimum atomic E-state index is -0.0527. The number of likely N-dealkylation sites (tertiary alicyclic amines) is 2. The van der Waals surface area contributed by atoms with Gasteiger partial charge in [-0.25, -0.2) is 4.98 Å². The summed E-state index contributed by atoms with van der Waals surface area (Å²) in [5, 5.41) is 0.403. The number of thiazole rings is 1. The fourth-order valence-corrected chi connectivity index (χ4v) is 3.75. The van der Waals surface area contributed by atoms with Gasteiger partial charge in [-0.1, -0.05) is 11.3 Å². The number of nitrogen functional groups attached to an aromatic ring is 1. The maximum absolute atomic E-state index is 12.5. The van der Waals surface area contributed by atoms with Gasteiger partial charge in [-0.15, -0.1) is 0 Å². The number of nitrogens with zero attached hydrogens (tertiary/aromatic N) is 3. The Morgan fingerprint density at radius 2 is 1.90 bits per heavy atom. The Hall–Kier alpha value is -1.63. The fourth-order valence-electron chi connectivity index (χ4n) is 3.10. The van der Waals surface area contributed by atoms with Crippen LogP contribution >= 0.6 is 11.3 Å². The number of hydrogen-bond donors (Lipinski definition) is 1. The van der Waals surface area contributed by atoms with Crippen LogP contribution in [0.25, 0.3) is 0 Å². The molecule has 7 heteroatoms. The molecule has 2 aliphatic rings. The highest BCUT2D eigenvalue weighted by Crippen LogP contribution is 2.24. The maximum Gasteiger partial charge on any atom is 0.265 e. The Morgan fingerprint density at radius 3 is 2.57 bits per heavy atom. The predicted octanol–water partition coefficient (Wildman–Crippen LogP) is 1.20. The number of piperidine rings is 1. The zero-order valence-corrected chi connectivity index (χ0v) is 12.8.